The van der Waals surface area contributed by atoms with Crippen LogP contribution in [0.25, 0.3) is 0 Å². The van der Waals surface area contributed by atoms with Crippen molar-refractivity contribution < 1.29 is 0 Å². The van der Waals surface area contributed by atoms with Crippen LogP contribution in [0, 0.1) is 0 Å². The van der Waals surface area contributed by atoms with Crippen molar-refractivity contribution in [2.75, 3.05) is 0 Å². The number of fused-ring (bicyclic) bond motifs is 1. The summed E-state index contributed by atoms with van der Waals surface area (Å²) < 4.78 is 2.20. The van der Waals surface area contributed by atoms with E-state index in [0.717, 1.165) is 5.03 Å². The van der Waals surface area contributed by atoms with Gasteiger partial charge in [0.25, 0.3) is 5.56 Å². The first kappa shape index (κ1) is 13.8. The maximum atomic E-state index is 11.8. The number of nitrogens with zero attached hydrogens (tertiary/aromatic N) is 1. The fourth-order valence-corrected chi connectivity index (χ4v) is 8.31. The van der Waals surface area contributed by atoms with Crippen LogP contribution < -0.4 is 11.2 Å². The van der Waals surface area contributed by atoms with E-state index in [0.29, 0.717) is 9.48 Å². The Hall–Kier alpha value is -0.180. The van der Waals surface area contributed by atoms with Gasteiger partial charge < -0.3 is 0 Å². The molecule has 0 aliphatic carbocycles. The molecule has 2 aliphatic rings. The van der Waals surface area contributed by atoms with Crippen LogP contribution in [-0.2, 0) is 7.05 Å². The highest BCUT2D eigenvalue weighted by Gasteiger charge is 2.37. The van der Waals surface area contributed by atoms with Crippen LogP contribution in [0.2, 0.25) is 0 Å². The van der Waals surface area contributed by atoms with E-state index in [-0.39, 0.29) is 15.8 Å². The molecule has 4 nitrogen and oxygen atoms in total. The molecule has 3 heterocycles. The minimum Gasteiger partial charge on any atom is -0.290 e. The molecule has 1 N–H and O–H groups in total. The Kier molecular flexibility index (Phi) is 3.61. The number of hydrogen-bond donors (Lipinski definition) is 1. The Balaban J connectivity index is 1.90. The predicted octanol–water partition coefficient (Wildman–Crippen LogP) is 2.66. The molecule has 0 saturated carbocycles. The van der Waals surface area contributed by atoms with Crippen LogP contribution in [-0.4, -0.2) is 18.7 Å². The highest BCUT2D eigenvalue weighted by Crippen LogP contribution is 2.57. The third-order valence-corrected chi connectivity index (χ3v) is 9.75. The highest BCUT2D eigenvalue weighted by molar-refractivity contribution is 8.28. The van der Waals surface area contributed by atoms with Crippen molar-refractivity contribution >= 4 is 47.0 Å². The Morgan fingerprint density at radius 2 is 1.58 bits per heavy atom. The number of H-pyrrole nitrogens is 1. The number of hydrogen-bond acceptors (Lipinski definition) is 6. The lowest BCUT2D eigenvalue weighted by atomic mass is 10.6. The minimum absolute atomic E-state index is 0.257. The van der Waals surface area contributed by atoms with Crippen LogP contribution in [0.4, 0.5) is 0 Å². The Bertz CT molecular complexity index is 677. The third-order valence-electron chi connectivity index (χ3n) is 3.00. The zero-order valence-corrected chi connectivity index (χ0v) is 13.8. The molecular formula is C11H12N2O2S4. The molecule has 1 aromatic heterocycles. The number of thioether (sulfide) groups is 4. The van der Waals surface area contributed by atoms with Crippen LogP contribution in [0.5, 0.6) is 0 Å². The first-order valence-corrected chi connectivity index (χ1v) is 9.16. The number of allylic oxidation sites excluding steroid dienone is 2. The number of nitrogens with one attached hydrogen (secondary N) is 1. The average Bonchev–Trinajstić information content (AvgIpc) is 2.92. The number of aromatic amines is 1. The quantitative estimate of drug-likeness (QED) is 0.798. The normalized spacial score (nSPS) is 23.2. The third kappa shape index (κ3) is 2.32. The van der Waals surface area contributed by atoms with E-state index >= 15 is 0 Å². The maximum Gasteiger partial charge on any atom is 0.328 e. The lowest BCUT2D eigenvalue weighted by Crippen LogP contribution is -2.29. The molecule has 19 heavy (non-hydrogen) atoms. The Morgan fingerprint density at radius 1 is 1.00 bits per heavy atom. The van der Waals surface area contributed by atoms with Crippen LogP contribution in [0.3, 0.4) is 0 Å². The molecule has 0 spiro atoms. The summed E-state index contributed by atoms with van der Waals surface area (Å²) in [7, 11) is 1.71. The van der Waals surface area contributed by atoms with Gasteiger partial charge in [0.05, 0.1) is 14.2 Å². The minimum atomic E-state index is -0.338. The summed E-state index contributed by atoms with van der Waals surface area (Å²) in [6, 6.07) is 0. The van der Waals surface area contributed by atoms with E-state index in [1.165, 1.54) is 14.4 Å². The SMILES string of the molecule is CC1=C(C)SC(C2Sc3c(n(C)c(=O)[nH]c3=O)S2)S1. The van der Waals surface area contributed by atoms with Gasteiger partial charge in [-0.25, -0.2) is 4.79 Å². The van der Waals surface area contributed by atoms with Crippen molar-refractivity contribution in [3.8, 4) is 0 Å². The second-order valence-electron chi connectivity index (χ2n) is 4.27. The van der Waals surface area contributed by atoms with E-state index in [1.54, 1.807) is 30.6 Å². The molecule has 2 aliphatic heterocycles. The van der Waals surface area contributed by atoms with Gasteiger partial charge in [-0.05, 0) is 23.7 Å². The molecule has 0 saturated heterocycles. The first-order valence-electron chi connectivity index (χ1n) is 5.65. The second-order valence-corrected chi connectivity index (χ2v) is 9.86. The van der Waals surface area contributed by atoms with Gasteiger partial charge in [-0.1, -0.05) is 11.8 Å². The summed E-state index contributed by atoms with van der Waals surface area (Å²) in [6.45, 7) is 4.26. The summed E-state index contributed by atoms with van der Waals surface area (Å²) in [5.74, 6) is 0. The average molecular weight is 332 g/mol. The summed E-state index contributed by atoms with van der Waals surface area (Å²) in [5.41, 5.74) is -0.595. The van der Waals surface area contributed by atoms with Crippen molar-refractivity contribution in [3.05, 3.63) is 30.6 Å². The van der Waals surface area contributed by atoms with E-state index in [9.17, 15) is 9.59 Å². The molecular weight excluding hydrogens is 320 g/mol. The first-order chi connectivity index (χ1) is 8.97. The van der Waals surface area contributed by atoms with Gasteiger partial charge in [-0.3, -0.25) is 14.3 Å². The Morgan fingerprint density at radius 3 is 2.21 bits per heavy atom. The standard InChI is InChI=1S/C11H12N2O2S4/c1-4-5(2)17-9(16-4)10-18-6-7(14)12-11(15)13(3)8(6)19-10/h9-10H,1-3H3,(H,12,14,15). The molecule has 0 radical (unpaired) electrons. The summed E-state index contributed by atoms with van der Waals surface area (Å²) in [5, 5.41) is 0.798. The maximum absolute atomic E-state index is 11.8. The van der Waals surface area contributed by atoms with Crippen LogP contribution >= 0.6 is 47.0 Å². The van der Waals surface area contributed by atoms with E-state index < -0.39 is 0 Å². The molecule has 8 heteroatoms. The van der Waals surface area contributed by atoms with Gasteiger partial charge >= 0.3 is 5.69 Å². The summed E-state index contributed by atoms with van der Waals surface area (Å²) in [6.07, 6.45) is 0. The predicted molar refractivity (Wildman–Crippen MR) is 85.1 cm³/mol. The zero-order chi connectivity index (χ0) is 13.7. The van der Waals surface area contributed by atoms with E-state index in [4.69, 9.17) is 0 Å². The number of rotatable bonds is 1. The van der Waals surface area contributed by atoms with Crippen LogP contribution in [0.15, 0.2) is 29.3 Å². The van der Waals surface area contributed by atoms with Gasteiger partial charge in [0, 0.05) is 7.05 Å². The smallest absolute Gasteiger partial charge is 0.290 e. The van der Waals surface area contributed by atoms with Crippen LogP contribution in [0.1, 0.15) is 13.8 Å². The van der Waals surface area contributed by atoms with Gasteiger partial charge in [0.15, 0.2) is 0 Å². The van der Waals surface area contributed by atoms with Crippen molar-refractivity contribution in [1.29, 1.82) is 0 Å². The molecule has 0 amide bonds. The van der Waals surface area contributed by atoms with Gasteiger partial charge in [-0.15, -0.1) is 35.3 Å². The largest absolute Gasteiger partial charge is 0.328 e. The molecule has 1 atom stereocenters. The molecule has 1 unspecified atom stereocenters. The fourth-order valence-electron chi connectivity index (χ4n) is 1.83. The van der Waals surface area contributed by atoms with Gasteiger partial charge in [-0.2, -0.15) is 0 Å². The summed E-state index contributed by atoms with van der Waals surface area (Å²) in [4.78, 5) is 29.2. The molecule has 0 aromatic carbocycles. The lowest BCUT2D eigenvalue weighted by Gasteiger charge is -2.14. The van der Waals surface area contributed by atoms with Crippen molar-refractivity contribution in [2.24, 2.45) is 7.05 Å². The topological polar surface area (TPSA) is 54.9 Å². The molecule has 1 aromatic rings. The zero-order valence-electron chi connectivity index (χ0n) is 10.6. The van der Waals surface area contributed by atoms with Crippen molar-refractivity contribution in [2.45, 2.75) is 32.9 Å². The fraction of sp³-hybridized carbons (Fsp3) is 0.455. The van der Waals surface area contributed by atoms with E-state index in [1.807, 2.05) is 23.5 Å². The highest BCUT2D eigenvalue weighted by atomic mass is 32.2. The molecule has 102 valence electrons. The van der Waals surface area contributed by atoms with Gasteiger partial charge in [0.2, 0.25) is 0 Å². The summed E-state index contributed by atoms with van der Waals surface area (Å²) >= 11 is 6.93. The van der Waals surface area contributed by atoms with Gasteiger partial charge in [0.1, 0.15) is 4.90 Å². The lowest BCUT2D eigenvalue weighted by molar-refractivity contribution is 0.683. The molecule has 0 bridgehead atoms. The number of aromatic nitrogens is 2. The molecule has 0 fully saturated rings. The van der Waals surface area contributed by atoms with E-state index in [2.05, 4.69) is 18.8 Å². The molecule has 3 rings (SSSR count). The Labute approximate surface area is 127 Å². The van der Waals surface area contributed by atoms with Crippen molar-refractivity contribution in [3.63, 3.8) is 0 Å². The van der Waals surface area contributed by atoms with Crippen molar-refractivity contribution in [1.82, 2.24) is 9.55 Å². The monoisotopic (exact) mass is 332 g/mol. The second kappa shape index (κ2) is 4.98.